The molecule has 0 amide bonds. The van der Waals surface area contributed by atoms with Crippen molar-refractivity contribution in [1.82, 2.24) is 0 Å². The van der Waals surface area contributed by atoms with E-state index in [1.807, 2.05) is 43.3 Å². The van der Waals surface area contributed by atoms with Crippen molar-refractivity contribution in [3.8, 4) is 5.75 Å². The van der Waals surface area contributed by atoms with Crippen LogP contribution in [0.5, 0.6) is 5.75 Å². The average Bonchev–Trinajstić information content (AvgIpc) is 2.43. The van der Waals surface area contributed by atoms with E-state index in [2.05, 4.69) is 54.5 Å². The van der Waals surface area contributed by atoms with Gasteiger partial charge in [-0.2, -0.15) is 0 Å². The quantitative estimate of drug-likeness (QED) is 0.565. The van der Waals surface area contributed by atoms with Gasteiger partial charge in [-0.1, -0.05) is 31.9 Å². The molecule has 0 aliphatic heterocycles. The third-order valence-corrected chi connectivity index (χ3v) is 4.71. The van der Waals surface area contributed by atoms with Crippen LogP contribution in [0, 0.1) is 3.57 Å². The molecule has 2 aromatic rings. The van der Waals surface area contributed by atoms with Gasteiger partial charge in [0.25, 0.3) is 0 Å². The Bertz CT molecular complexity index is 617. The van der Waals surface area contributed by atoms with Crippen LogP contribution in [-0.2, 0) is 0 Å². The standard InChI is InChI=1S/C15H13Br2IO2/c1-2-20-14-6-3-9(16)7-12(14)15(19)11-8-10(18)4-5-13(11)17/h3-8,15,19H,2H2,1H3. The molecule has 0 aromatic heterocycles. The zero-order chi connectivity index (χ0) is 14.7. The van der Waals surface area contributed by atoms with Crippen LogP contribution < -0.4 is 4.74 Å². The molecule has 0 aliphatic carbocycles. The summed E-state index contributed by atoms with van der Waals surface area (Å²) in [5.41, 5.74) is 1.58. The molecule has 0 bridgehead atoms. The van der Waals surface area contributed by atoms with Gasteiger partial charge in [-0.15, -0.1) is 0 Å². The van der Waals surface area contributed by atoms with E-state index in [9.17, 15) is 5.11 Å². The van der Waals surface area contributed by atoms with E-state index >= 15 is 0 Å². The molecule has 0 saturated carbocycles. The molecule has 2 nitrogen and oxygen atoms in total. The second-order valence-electron chi connectivity index (χ2n) is 4.18. The Morgan fingerprint density at radius 2 is 1.90 bits per heavy atom. The summed E-state index contributed by atoms with van der Waals surface area (Å²) in [6, 6.07) is 11.6. The maximum atomic E-state index is 10.7. The minimum atomic E-state index is -0.738. The van der Waals surface area contributed by atoms with E-state index in [1.165, 1.54) is 0 Å². The summed E-state index contributed by atoms with van der Waals surface area (Å²) in [6.45, 7) is 2.49. The van der Waals surface area contributed by atoms with E-state index in [1.54, 1.807) is 0 Å². The summed E-state index contributed by atoms with van der Waals surface area (Å²) >= 11 is 9.17. The molecular weight excluding hydrogens is 499 g/mol. The molecule has 106 valence electrons. The summed E-state index contributed by atoms with van der Waals surface area (Å²) < 4.78 is 8.48. The van der Waals surface area contributed by atoms with Crippen molar-refractivity contribution in [2.45, 2.75) is 13.0 Å². The largest absolute Gasteiger partial charge is 0.493 e. The molecule has 0 radical (unpaired) electrons. The van der Waals surface area contributed by atoms with Crippen LogP contribution in [0.1, 0.15) is 24.2 Å². The van der Waals surface area contributed by atoms with Crippen molar-refractivity contribution < 1.29 is 9.84 Å². The van der Waals surface area contributed by atoms with Crippen molar-refractivity contribution >= 4 is 54.5 Å². The number of halogens is 3. The van der Waals surface area contributed by atoms with Gasteiger partial charge in [-0.3, -0.25) is 0 Å². The summed E-state index contributed by atoms with van der Waals surface area (Å²) in [6.07, 6.45) is -0.738. The lowest BCUT2D eigenvalue weighted by Crippen LogP contribution is -2.05. The first-order chi connectivity index (χ1) is 9.52. The molecule has 5 heteroatoms. The van der Waals surface area contributed by atoms with Gasteiger partial charge in [0.2, 0.25) is 0 Å². The van der Waals surface area contributed by atoms with Crippen molar-refractivity contribution in [2.75, 3.05) is 6.61 Å². The molecule has 20 heavy (non-hydrogen) atoms. The fraction of sp³-hybridized carbons (Fsp3) is 0.200. The average molecular weight is 512 g/mol. The number of hydrogen-bond acceptors (Lipinski definition) is 2. The van der Waals surface area contributed by atoms with Gasteiger partial charge in [0.05, 0.1) is 6.61 Å². The molecule has 2 rings (SSSR count). The van der Waals surface area contributed by atoms with Crippen molar-refractivity contribution in [1.29, 1.82) is 0 Å². The zero-order valence-electron chi connectivity index (χ0n) is 10.7. The molecule has 0 aliphatic rings. The Balaban J connectivity index is 2.49. The predicted octanol–water partition coefficient (Wildman–Crippen LogP) is 5.30. The maximum Gasteiger partial charge on any atom is 0.125 e. The van der Waals surface area contributed by atoms with E-state index in [4.69, 9.17) is 4.74 Å². The Kier molecular flexibility index (Phi) is 5.89. The topological polar surface area (TPSA) is 29.5 Å². The first kappa shape index (κ1) is 16.3. The second kappa shape index (κ2) is 7.24. The van der Waals surface area contributed by atoms with Crippen LogP contribution in [0.15, 0.2) is 45.3 Å². The minimum Gasteiger partial charge on any atom is -0.493 e. The summed E-state index contributed by atoms with van der Waals surface area (Å²) in [4.78, 5) is 0. The van der Waals surface area contributed by atoms with Gasteiger partial charge in [-0.05, 0) is 65.9 Å². The highest BCUT2D eigenvalue weighted by Gasteiger charge is 2.18. The van der Waals surface area contributed by atoms with Crippen LogP contribution in [0.3, 0.4) is 0 Å². The number of aliphatic hydroxyl groups excluding tert-OH is 1. The molecule has 0 heterocycles. The monoisotopic (exact) mass is 510 g/mol. The highest BCUT2D eigenvalue weighted by Crippen LogP contribution is 2.36. The maximum absolute atomic E-state index is 10.7. The van der Waals surface area contributed by atoms with Crippen LogP contribution in [-0.4, -0.2) is 11.7 Å². The number of aliphatic hydroxyl groups is 1. The van der Waals surface area contributed by atoms with Crippen molar-refractivity contribution in [3.05, 3.63) is 60.0 Å². The molecule has 1 unspecified atom stereocenters. The highest BCUT2D eigenvalue weighted by molar-refractivity contribution is 14.1. The first-order valence-electron chi connectivity index (χ1n) is 6.08. The molecule has 0 spiro atoms. The van der Waals surface area contributed by atoms with Crippen molar-refractivity contribution in [3.63, 3.8) is 0 Å². The number of hydrogen-bond donors (Lipinski definition) is 1. The van der Waals surface area contributed by atoms with Gasteiger partial charge in [0.15, 0.2) is 0 Å². The summed E-state index contributed by atoms with van der Waals surface area (Å²) in [5.74, 6) is 0.703. The summed E-state index contributed by atoms with van der Waals surface area (Å²) in [7, 11) is 0. The molecule has 0 saturated heterocycles. The number of rotatable bonds is 4. The van der Waals surface area contributed by atoms with Gasteiger partial charge in [0.1, 0.15) is 11.9 Å². The lowest BCUT2D eigenvalue weighted by Gasteiger charge is -2.18. The lowest BCUT2D eigenvalue weighted by molar-refractivity contribution is 0.211. The van der Waals surface area contributed by atoms with Crippen LogP contribution >= 0.6 is 54.5 Å². The molecule has 1 N–H and O–H groups in total. The van der Waals surface area contributed by atoms with Crippen molar-refractivity contribution in [2.24, 2.45) is 0 Å². The van der Waals surface area contributed by atoms with E-state index < -0.39 is 6.10 Å². The fourth-order valence-corrected chi connectivity index (χ4v) is 3.27. The van der Waals surface area contributed by atoms with Crippen LogP contribution in [0.25, 0.3) is 0 Å². The fourth-order valence-electron chi connectivity index (χ4n) is 1.91. The molecular formula is C15H13Br2IO2. The number of benzene rings is 2. The molecule has 2 aromatic carbocycles. The predicted molar refractivity (Wildman–Crippen MR) is 96.2 cm³/mol. The van der Waals surface area contributed by atoms with Gasteiger partial charge >= 0.3 is 0 Å². The van der Waals surface area contributed by atoms with Crippen LogP contribution in [0.2, 0.25) is 0 Å². The van der Waals surface area contributed by atoms with E-state index in [-0.39, 0.29) is 0 Å². The normalized spacial score (nSPS) is 12.2. The molecule has 1 atom stereocenters. The Morgan fingerprint density at radius 1 is 1.15 bits per heavy atom. The molecule has 0 fully saturated rings. The Labute approximate surface area is 148 Å². The van der Waals surface area contributed by atoms with Gasteiger partial charge in [-0.25, -0.2) is 0 Å². The van der Waals surface area contributed by atoms with Crippen LogP contribution in [0.4, 0.5) is 0 Å². The summed E-state index contributed by atoms with van der Waals surface area (Å²) in [5, 5.41) is 10.7. The highest BCUT2D eigenvalue weighted by atomic mass is 127. The lowest BCUT2D eigenvalue weighted by atomic mass is 10.0. The van der Waals surface area contributed by atoms with E-state index in [0.29, 0.717) is 12.4 Å². The van der Waals surface area contributed by atoms with E-state index in [0.717, 1.165) is 23.6 Å². The SMILES string of the molecule is CCOc1ccc(Br)cc1C(O)c1cc(I)ccc1Br. The zero-order valence-corrected chi connectivity index (χ0v) is 16.1. The first-order valence-corrected chi connectivity index (χ1v) is 8.74. The minimum absolute atomic E-state index is 0.564. The van der Waals surface area contributed by atoms with Gasteiger partial charge < -0.3 is 9.84 Å². The smallest absolute Gasteiger partial charge is 0.125 e. The Hall–Kier alpha value is -0.110. The Morgan fingerprint density at radius 3 is 2.60 bits per heavy atom. The third kappa shape index (κ3) is 3.75. The number of ether oxygens (including phenoxy) is 1. The third-order valence-electron chi connectivity index (χ3n) is 2.82. The van der Waals surface area contributed by atoms with Gasteiger partial charge in [0, 0.05) is 23.6 Å². The second-order valence-corrected chi connectivity index (χ2v) is 7.20.